The van der Waals surface area contributed by atoms with Crippen molar-refractivity contribution in [2.24, 2.45) is 0 Å². The van der Waals surface area contributed by atoms with Crippen molar-refractivity contribution in [2.45, 2.75) is 44.1 Å². The summed E-state index contributed by atoms with van der Waals surface area (Å²) >= 11 is 12.2. The third kappa shape index (κ3) is 9.13. The van der Waals surface area contributed by atoms with Crippen LogP contribution in [0.5, 0.6) is 0 Å². The van der Waals surface area contributed by atoms with Gasteiger partial charge in [0.15, 0.2) is 12.2 Å². The molecule has 0 bridgehead atoms. The number of aliphatic hydroxyl groups excluding tert-OH is 3. The minimum Gasteiger partial charge on any atom is -0.479 e. The minimum absolute atomic E-state index is 0.232. The van der Waals surface area contributed by atoms with Crippen molar-refractivity contribution in [2.75, 3.05) is 26.2 Å². The first-order valence-electron chi connectivity index (χ1n) is 9.48. The molecule has 1 aliphatic heterocycles. The lowest BCUT2D eigenvalue weighted by atomic mass is 10.0. The second kappa shape index (κ2) is 13.8. The molecule has 170 valence electrons. The Balaban J connectivity index is 0.000000382. The van der Waals surface area contributed by atoms with Gasteiger partial charge in [-0.25, -0.2) is 9.59 Å². The summed E-state index contributed by atoms with van der Waals surface area (Å²) < 4.78 is 0. The summed E-state index contributed by atoms with van der Waals surface area (Å²) in [6.07, 6.45) is -1.43. The number of nitrogens with zero attached hydrogens (tertiary/aromatic N) is 1. The zero-order chi connectivity index (χ0) is 22.7. The smallest absolute Gasteiger partial charge is 0.335 e. The van der Waals surface area contributed by atoms with Crippen LogP contribution in [-0.2, 0) is 16.1 Å². The van der Waals surface area contributed by atoms with Crippen molar-refractivity contribution in [1.82, 2.24) is 10.2 Å². The molecule has 1 aromatic carbocycles. The molecular weight excluding hydrogens is 439 g/mol. The Morgan fingerprint density at radius 2 is 1.67 bits per heavy atom. The Kier molecular flexibility index (Phi) is 12.2. The monoisotopic (exact) mass is 466 g/mol. The molecule has 2 atom stereocenters. The summed E-state index contributed by atoms with van der Waals surface area (Å²) in [5.41, 5.74) is 1.10. The molecule has 1 aromatic rings. The SMILES string of the molecule is O=C(O)[C@H](O)[C@@H](O)C(=O)O.OCCCN(Cc1ccc(Cl)cc1Cl)C1CCNCC1. The number of benzene rings is 1. The van der Waals surface area contributed by atoms with E-state index in [1.165, 1.54) is 0 Å². The number of aliphatic hydroxyl groups is 3. The number of hydrogen-bond acceptors (Lipinski definition) is 7. The fourth-order valence-corrected chi connectivity index (χ4v) is 3.44. The Morgan fingerprint density at radius 1 is 1.10 bits per heavy atom. The Labute approximate surface area is 184 Å². The van der Waals surface area contributed by atoms with Crippen LogP contribution in [0, 0.1) is 0 Å². The van der Waals surface area contributed by atoms with E-state index in [1.807, 2.05) is 12.1 Å². The predicted octanol–water partition coefficient (Wildman–Crippen LogP) is 0.807. The van der Waals surface area contributed by atoms with Gasteiger partial charge in [0.2, 0.25) is 0 Å². The Morgan fingerprint density at radius 3 is 2.13 bits per heavy atom. The fourth-order valence-electron chi connectivity index (χ4n) is 2.98. The maximum Gasteiger partial charge on any atom is 0.335 e. The second-order valence-electron chi connectivity index (χ2n) is 6.83. The highest BCUT2D eigenvalue weighted by Crippen LogP contribution is 2.24. The molecule has 0 amide bonds. The molecule has 0 radical (unpaired) electrons. The molecule has 1 fully saturated rings. The summed E-state index contributed by atoms with van der Waals surface area (Å²) in [5, 5.41) is 46.4. The number of carboxylic acid groups (broad SMARTS) is 2. The third-order valence-electron chi connectivity index (χ3n) is 4.62. The van der Waals surface area contributed by atoms with Crippen molar-refractivity contribution in [3.63, 3.8) is 0 Å². The lowest BCUT2D eigenvalue weighted by Crippen LogP contribution is -2.43. The second-order valence-corrected chi connectivity index (χ2v) is 7.67. The van der Waals surface area contributed by atoms with Gasteiger partial charge >= 0.3 is 11.9 Å². The van der Waals surface area contributed by atoms with Crippen LogP contribution in [0.25, 0.3) is 0 Å². The zero-order valence-corrected chi connectivity index (χ0v) is 17.9. The topological polar surface area (TPSA) is 151 Å². The predicted molar refractivity (Wildman–Crippen MR) is 112 cm³/mol. The molecular formula is C19H28Cl2N2O7. The van der Waals surface area contributed by atoms with Crippen LogP contribution in [0.2, 0.25) is 10.0 Å². The normalized spacial score (nSPS) is 16.5. The van der Waals surface area contributed by atoms with E-state index in [2.05, 4.69) is 10.2 Å². The van der Waals surface area contributed by atoms with E-state index in [0.29, 0.717) is 11.1 Å². The molecule has 30 heavy (non-hydrogen) atoms. The number of nitrogens with one attached hydrogen (secondary N) is 1. The maximum absolute atomic E-state index is 9.77. The van der Waals surface area contributed by atoms with Crippen molar-refractivity contribution < 1.29 is 35.1 Å². The van der Waals surface area contributed by atoms with Crippen LogP contribution < -0.4 is 5.32 Å². The molecule has 2 rings (SSSR count). The number of carbonyl (C=O) groups is 2. The van der Waals surface area contributed by atoms with E-state index >= 15 is 0 Å². The maximum atomic E-state index is 9.77. The lowest BCUT2D eigenvalue weighted by molar-refractivity contribution is -0.165. The van der Waals surface area contributed by atoms with Gasteiger partial charge in [-0.2, -0.15) is 0 Å². The zero-order valence-electron chi connectivity index (χ0n) is 16.4. The number of hydrogen-bond donors (Lipinski definition) is 6. The van der Waals surface area contributed by atoms with Gasteiger partial charge in [0, 0.05) is 35.8 Å². The van der Waals surface area contributed by atoms with Crippen molar-refractivity contribution >= 4 is 35.1 Å². The van der Waals surface area contributed by atoms with Crippen LogP contribution >= 0.6 is 23.2 Å². The highest BCUT2D eigenvalue weighted by molar-refractivity contribution is 6.35. The van der Waals surface area contributed by atoms with Crippen molar-refractivity contribution in [3.8, 4) is 0 Å². The summed E-state index contributed by atoms with van der Waals surface area (Å²) in [5.74, 6) is -3.54. The van der Waals surface area contributed by atoms with E-state index in [-0.39, 0.29) is 6.61 Å². The molecule has 0 unspecified atom stereocenters. The quantitative estimate of drug-likeness (QED) is 0.310. The molecule has 0 aliphatic carbocycles. The van der Waals surface area contributed by atoms with Crippen LogP contribution in [0.4, 0.5) is 0 Å². The molecule has 11 heteroatoms. The van der Waals surface area contributed by atoms with Gasteiger partial charge in [-0.3, -0.25) is 4.90 Å². The number of aliphatic carboxylic acids is 2. The Bertz CT molecular complexity index is 669. The molecule has 0 saturated carbocycles. The molecule has 6 N–H and O–H groups in total. The van der Waals surface area contributed by atoms with Crippen LogP contribution in [0.3, 0.4) is 0 Å². The van der Waals surface area contributed by atoms with Crippen LogP contribution in [0.1, 0.15) is 24.8 Å². The average molecular weight is 467 g/mol. The first-order valence-corrected chi connectivity index (χ1v) is 10.2. The van der Waals surface area contributed by atoms with Crippen LogP contribution in [-0.4, -0.2) is 86.9 Å². The number of piperidine rings is 1. The molecule has 9 nitrogen and oxygen atoms in total. The standard InChI is InChI=1S/C15H22Cl2N2O.C4H6O6/c16-13-3-2-12(15(17)10-13)11-19(8-1-9-20)14-4-6-18-7-5-14;5-1(3(7)8)2(6)4(9)10/h2-3,10,14,18,20H,1,4-9,11H2;1-2,5-6H,(H,7,8)(H,9,10)/t;1-,2-/m.1/s1. The van der Waals surface area contributed by atoms with Gasteiger partial charge in [0.05, 0.1) is 0 Å². The number of rotatable bonds is 9. The third-order valence-corrected chi connectivity index (χ3v) is 5.21. The molecule has 1 saturated heterocycles. The van der Waals surface area contributed by atoms with E-state index in [9.17, 15) is 9.59 Å². The summed E-state index contributed by atoms with van der Waals surface area (Å²) in [6.45, 7) is 4.08. The number of carboxylic acids is 2. The first-order chi connectivity index (χ1) is 14.2. The highest BCUT2D eigenvalue weighted by Gasteiger charge is 2.29. The van der Waals surface area contributed by atoms with E-state index in [1.54, 1.807) is 6.07 Å². The van der Waals surface area contributed by atoms with Gasteiger partial charge in [0.1, 0.15) is 0 Å². The summed E-state index contributed by atoms with van der Waals surface area (Å²) in [7, 11) is 0. The average Bonchev–Trinajstić information content (AvgIpc) is 2.72. The van der Waals surface area contributed by atoms with Crippen molar-refractivity contribution in [1.29, 1.82) is 0 Å². The fraction of sp³-hybridized carbons (Fsp3) is 0.579. The van der Waals surface area contributed by atoms with E-state index in [0.717, 1.165) is 56.0 Å². The minimum atomic E-state index is -2.27. The lowest BCUT2D eigenvalue weighted by Gasteiger charge is -2.35. The largest absolute Gasteiger partial charge is 0.479 e. The molecule has 0 spiro atoms. The Hall–Kier alpha value is -1.46. The van der Waals surface area contributed by atoms with Crippen molar-refractivity contribution in [3.05, 3.63) is 33.8 Å². The van der Waals surface area contributed by atoms with Gasteiger partial charge in [0.25, 0.3) is 0 Å². The van der Waals surface area contributed by atoms with E-state index < -0.39 is 24.1 Å². The molecule has 0 aromatic heterocycles. The summed E-state index contributed by atoms with van der Waals surface area (Å²) in [4.78, 5) is 22.0. The van der Waals surface area contributed by atoms with Gasteiger partial charge < -0.3 is 30.8 Å². The highest BCUT2D eigenvalue weighted by atomic mass is 35.5. The van der Waals surface area contributed by atoms with Gasteiger partial charge in [-0.1, -0.05) is 29.3 Å². The van der Waals surface area contributed by atoms with Crippen LogP contribution in [0.15, 0.2) is 18.2 Å². The molecule has 1 heterocycles. The van der Waals surface area contributed by atoms with E-state index in [4.69, 9.17) is 48.7 Å². The summed E-state index contributed by atoms with van der Waals surface area (Å²) in [6, 6.07) is 6.24. The van der Waals surface area contributed by atoms with Gasteiger partial charge in [-0.05, 0) is 50.0 Å². The first kappa shape index (κ1) is 26.6. The number of halogens is 2. The van der Waals surface area contributed by atoms with Gasteiger partial charge in [-0.15, -0.1) is 0 Å². The molecule has 1 aliphatic rings.